The number of thiol groups is 1. The Kier molecular flexibility index (Phi) is 9.53. The standard InChI is InChI=1S/C31H30N2O6S/c1-32(33-17-16-27(40)19-31(33)35)30(34)15-9-22-8-14-28(38-20-23-4-10-25(36-2)11-5-23)29(18-22)39-21-24-6-12-26(37-3)13-7-24/h4-19,40H,20-21H2,1-3H3/b15-9+. The first-order chi connectivity index (χ1) is 19.4. The molecule has 1 amide bonds. The number of pyridine rings is 1. The van der Waals surface area contributed by atoms with Crippen LogP contribution in [-0.4, -0.2) is 31.9 Å². The van der Waals surface area contributed by atoms with Gasteiger partial charge in [-0.2, -0.15) is 0 Å². The third-order valence-electron chi connectivity index (χ3n) is 6.02. The SMILES string of the molecule is COc1ccc(COc2ccc(/C=C/C(=O)N(C)n3ccc(S)cc3=O)cc2OCc2ccc(OC)cc2)cc1. The molecular weight excluding hydrogens is 528 g/mol. The minimum atomic E-state index is -0.380. The van der Waals surface area contributed by atoms with Crippen LogP contribution in [0.2, 0.25) is 0 Å². The van der Waals surface area contributed by atoms with Crippen molar-refractivity contribution < 1.29 is 23.7 Å². The average Bonchev–Trinajstić information content (AvgIpc) is 2.98. The van der Waals surface area contributed by atoms with Gasteiger partial charge in [-0.3, -0.25) is 9.59 Å². The molecule has 0 N–H and O–H groups in total. The third-order valence-corrected chi connectivity index (χ3v) is 6.30. The van der Waals surface area contributed by atoms with Crippen LogP contribution < -0.4 is 29.5 Å². The van der Waals surface area contributed by atoms with Crippen LogP contribution in [0, 0.1) is 0 Å². The van der Waals surface area contributed by atoms with E-state index in [0.717, 1.165) is 28.2 Å². The molecule has 0 spiro atoms. The van der Waals surface area contributed by atoms with Gasteiger partial charge >= 0.3 is 0 Å². The number of carbonyl (C=O) groups excluding carboxylic acids is 1. The fourth-order valence-corrected chi connectivity index (χ4v) is 3.89. The third kappa shape index (κ3) is 7.48. The minimum absolute atomic E-state index is 0.307. The minimum Gasteiger partial charge on any atom is -0.497 e. The number of nitrogens with zero attached hydrogens (tertiary/aromatic N) is 2. The fraction of sp³-hybridized carbons (Fsp3) is 0.161. The predicted octanol–water partition coefficient (Wildman–Crippen LogP) is 5.12. The number of aromatic nitrogens is 1. The number of hydrogen-bond acceptors (Lipinski definition) is 7. The molecule has 0 saturated heterocycles. The summed E-state index contributed by atoms with van der Waals surface area (Å²) in [6.45, 7) is 0.642. The van der Waals surface area contributed by atoms with Crippen molar-refractivity contribution in [1.82, 2.24) is 4.68 Å². The van der Waals surface area contributed by atoms with Gasteiger partial charge in [0.05, 0.1) is 14.2 Å². The van der Waals surface area contributed by atoms with Crippen LogP contribution in [-0.2, 0) is 18.0 Å². The van der Waals surface area contributed by atoms with Gasteiger partial charge in [0.25, 0.3) is 11.5 Å². The maximum Gasteiger partial charge on any atom is 0.270 e. The lowest BCUT2D eigenvalue weighted by atomic mass is 10.1. The quantitative estimate of drug-likeness (QED) is 0.203. The maximum absolute atomic E-state index is 12.8. The van der Waals surface area contributed by atoms with E-state index in [-0.39, 0.29) is 11.5 Å². The second kappa shape index (κ2) is 13.4. The number of rotatable bonds is 11. The fourth-order valence-electron chi connectivity index (χ4n) is 3.72. The summed E-state index contributed by atoms with van der Waals surface area (Å²) in [7, 11) is 4.76. The largest absolute Gasteiger partial charge is 0.497 e. The number of methoxy groups -OCH3 is 2. The first-order valence-electron chi connectivity index (χ1n) is 12.4. The molecule has 0 fully saturated rings. The number of likely N-dealkylation sites (N-methyl/N-ethyl adjacent to an activating group) is 1. The van der Waals surface area contributed by atoms with Gasteiger partial charge in [-0.25, -0.2) is 9.69 Å². The van der Waals surface area contributed by atoms with Crippen LogP contribution >= 0.6 is 12.6 Å². The highest BCUT2D eigenvalue weighted by atomic mass is 32.1. The smallest absolute Gasteiger partial charge is 0.270 e. The van der Waals surface area contributed by atoms with E-state index in [9.17, 15) is 9.59 Å². The summed E-state index contributed by atoms with van der Waals surface area (Å²) in [5.74, 6) is 2.23. The Balaban J connectivity index is 1.52. The lowest BCUT2D eigenvalue weighted by molar-refractivity contribution is -0.115. The number of benzene rings is 3. The van der Waals surface area contributed by atoms with Crippen molar-refractivity contribution in [3.8, 4) is 23.0 Å². The van der Waals surface area contributed by atoms with Gasteiger partial charge in [0.2, 0.25) is 0 Å². The summed E-state index contributed by atoms with van der Waals surface area (Å²) >= 11 is 4.16. The highest BCUT2D eigenvalue weighted by molar-refractivity contribution is 7.80. The van der Waals surface area contributed by atoms with E-state index in [1.54, 1.807) is 38.5 Å². The van der Waals surface area contributed by atoms with E-state index < -0.39 is 0 Å². The van der Waals surface area contributed by atoms with E-state index in [1.807, 2.05) is 54.6 Å². The first kappa shape index (κ1) is 28.4. The zero-order valence-electron chi connectivity index (χ0n) is 22.4. The number of hydrogen-bond donors (Lipinski definition) is 1. The molecule has 3 aromatic carbocycles. The average molecular weight is 559 g/mol. The molecule has 0 aliphatic carbocycles. The van der Waals surface area contributed by atoms with Crippen molar-refractivity contribution in [1.29, 1.82) is 0 Å². The molecule has 206 valence electrons. The number of ether oxygens (including phenoxy) is 4. The Morgan fingerprint density at radius 3 is 1.95 bits per heavy atom. The van der Waals surface area contributed by atoms with Gasteiger partial charge in [0.1, 0.15) is 24.7 Å². The van der Waals surface area contributed by atoms with Gasteiger partial charge in [-0.1, -0.05) is 30.3 Å². The van der Waals surface area contributed by atoms with Crippen molar-refractivity contribution in [2.24, 2.45) is 0 Å². The molecule has 0 aliphatic rings. The Morgan fingerprint density at radius 1 is 0.825 bits per heavy atom. The molecule has 0 atom stereocenters. The molecule has 4 aromatic rings. The molecule has 0 radical (unpaired) electrons. The molecule has 4 rings (SSSR count). The molecular formula is C31H30N2O6S. The van der Waals surface area contributed by atoms with Crippen molar-refractivity contribution >= 4 is 24.6 Å². The summed E-state index contributed by atoms with van der Waals surface area (Å²) < 4.78 is 23.9. The predicted molar refractivity (Wildman–Crippen MR) is 157 cm³/mol. The molecule has 1 heterocycles. The zero-order chi connectivity index (χ0) is 28.5. The van der Waals surface area contributed by atoms with Crippen LogP contribution in [0.3, 0.4) is 0 Å². The van der Waals surface area contributed by atoms with E-state index in [2.05, 4.69) is 12.6 Å². The Hall–Kier alpha value is -4.63. The van der Waals surface area contributed by atoms with Crippen molar-refractivity contribution in [3.05, 3.63) is 118 Å². The summed E-state index contributed by atoms with van der Waals surface area (Å²) in [5, 5.41) is 1.22. The summed E-state index contributed by atoms with van der Waals surface area (Å²) in [5.41, 5.74) is 2.30. The van der Waals surface area contributed by atoms with Gasteiger partial charge in [-0.15, -0.1) is 12.6 Å². The Bertz CT molecular complexity index is 1530. The molecule has 9 heteroatoms. The Morgan fingerprint density at radius 2 is 1.40 bits per heavy atom. The maximum atomic E-state index is 12.8. The van der Waals surface area contributed by atoms with Crippen molar-refractivity contribution in [3.63, 3.8) is 0 Å². The van der Waals surface area contributed by atoms with Gasteiger partial charge in [0.15, 0.2) is 11.5 Å². The Labute approximate surface area is 238 Å². The van der Waals surface area contributed by atoms with Gasteiger partial charge in [0, 0.05) is 30.3 Å². The molecule has 0 bridgehead atoms. The molecule has 8 nitrogen and oxygen atoms in total. The van der Waals surface area contributed by atoms with Crippen LogP contribution in [0.5, 0.6) is 23.0 Å². The highest BCUT2D eigenvalue weighted by Gasteiger charge is 2.11. The van der Waals surface area contributed by atoms with Gasteiger partial charge in [-0.05, 0) is 65.2 Å². The molecule has 0 saturated carbocycles. The summed E-state index contributed by atoms with van der Waals surface area (Å²) in [4.78, 5) is 25.5. The van der Waals surface area contributed by atoms with Crippen molar-refractivity contribution in [2.75, 3.05) is 26.3 Å². The van der Waals surface area contributed by atoms with Gasteiger partial charge < -0.3 is 18.9 Å². The van der Waals surface area contributed by atoms with E-state index in [4.69, 9.17) is 18.9 Å². The summed E-state index contributed by atoms with van der Waals surface area (Å²) in [6.07, 6.45) is 4.54. The normalized spacial score (nSPS) is 10.8. The van der Waals surface area contributed by atoms with E-state index in [0.29, 0.717) is 29.6 Å². The lowest BCUT2D eigenvalue weighted by Crippen LogP contribution is -2.42. The monoisotopic (exact) mass is 558 g/mol. The lowest BCUT2D eigenvalue weighted by Gasteiger charge is -2.17. The van der Waals surface area contributed by atoms with Crippen LogP contribution in [0.25, 0.3) is 6.08 Å². The van der Waals surface area contributed by atoms with Crippen molar-refractivity contribution in [2.45, 2.75) is 18.1 Å². The molecule has 1 aromatic heterocycles. The molecule has 40 heavy (non-hydrogen) atoms. The molecule has 0 unspecified atom stereocenters. The van der Waals surface area contributed by atoms with Crippen LogP contribution in [0.4, 0.5) is 0 Å². The first-order valence-corrected chi connectivity index (χ1v) is 12.8. The highest BCUT2D eigenvalue weighted by Crippen LogP contribution is 2.31. The molecule has 0 aliphatic heterocycles. The topological polar surface area (TPSA) is 79.2 Å². The van der Waals surface area contributed by atoms with Crippen LogP contribution in [0.1, 0.15) is 16.7 Å². The number of amides is 1. The number of carbonyl (C=O) groups is 1. The summed E-state index contributed by atoms with van der Waals surface area (Å²) in [6, 6.07) is 23.6. The second-order valence-electron chi connectivity index (χ2n) is 8.74. The second-order valence-corrected chi connectivity index (χ2v) is 9.26. The van der Waals surface area contributed by atoms with E-state index in [1.165, 1.54) is 35.1 Å². The van der Waals surface area contributed by atoms with E-state index >= 15 is 0 Å². The zero-order valence-corrected chi connectivity index (χ0v) is 23.3. The van der Waals surface area contributed by atoms with Crippen LogP contribution in [0.15, 0.2) is 101 Å².